The van der Waals surface area contributed by atoms with Crippen LogP contribution >= 0.6 is 41.7 Å². The van der Waals surface area contributed by atoms with Crippen molar-refractivity contribution in [2.45, 2.75) is 177 Å². The number of hydrogen-bond acceptors (Lipinski definition) is 16. The van der Waals surface area contributed by atoms with Crippen LogP contribution < -0.4 is 67.5 Å². The first-order valence-corrected chi connectivity index (χ1v) is 47.5. The van der Waals surface area contributed by atoms with Gasteiger partial charge < -0.3 is 44.4 Å². The van der Waals surface area contributed by atoms with Crippen LogP contribution in [0.25, 0.3) is 53.9 Å². The van der Waals surface area contributed by atoms with E-state index in [9.17, 15) is 36.3 Å². The molecule has 0 bridgehead atoms. The van der Waals surface area contributed by atoms with Crippen LogP contribution in [0.5, 0.6) is 46.0 Å². The number of ether oxygens (including phenoxy) is 8. The average Bonchev–Trinajstić information content (AvgIpc) is 1.69. The fourth-order valence-corrected chi connectivity index (χ4v) is 12.9. The van der Waals surface area contributed by atoms with Crippen molar-refractivity contribution in [3.8, 4) is 46.0 Å². The van der Waals surface area contributed by atoms with E-state index in [0.717, 1.165) is 95.0 Å². The zero-order valence-corrected chi connectivity index (χ0v) is 81.8. The Labute approximate surface area is 804 Å². The number of fused-ring (bicyclic) bond motifs is 5. The predicted octanol–water partition coefficient (Wildman–Crippen LogP) is 24.2. The van der Waals surface area contributed by atoms with E-state index in [-0.39, 0.29) is 111 Å². The summed E-state index contributed by atoms with van der Waals surface area (Å²) in [6.45, 7) is 40.6. The van der Waals surface area contributed by atoms with Crippen molar-refractivity contribution in [3.05, 3.63) is 234 Å². The molecule has 1 N–H and O–H groups in total. The summed E-state index contributed by atoms with van der Waals surface area (Å²) in [5.41, 5.74) is 6.42. The molecule has 29 heteroatoms. The Morgan fingerprint density at radius 2 is 0.756 bits per heavy atom. The molecule has 127 heavy (non-hydrogen) atoms. The fraction of sp³-hybridized carbons (Fsp3) is 0.388. The number of aliphatic hydroxyl groups is 1. The topological polar surface area (TPSA) is 202 Å². The zero-order valence-electron chi connectivity index (χ0n) is 75.8. The number of nitrogens with zero attached hydrogens (tertiary/aromatic N) is 3. The number of aryl methyl sites for hydroxylation is 3. The van der Waals surface area contributed by atoms with Crippen LogP contribution in [0.2, 0.25) is 0 Å². The first-order valence-electron chi connectivity index (χ1n) is 40.4. The number of rotatable bonds is 27. The molecule has 12 aromatic rings. The van der Waals surface area contributed by atoms with Gasteiger partial charge in [0.25, 0.3) is 10.1 Å². The van der Waals surface area contributed by atoms with Crippen LogP contribution in [0.3, 0.4) is 0 Å². The third-order valence-electron chi connectivity index (χ3n) is 18.0. The number of alkyl halides is 3. The second-order valence-electron chi connectivity index (χ2n) is 28.7. The number of aromatic nitrogens is 3. The minimum absolute atomic E-state index is 0. The van der Waals surface area contributed by atoms with Gasteiger partial charge in [0, 0.05) is 41.8 Å². The smallest absolute Gasteiger partial charge is 1.00 e. The molecule has 1 heterocycles. The molecule has 12 rings (SSSR count). The maximum Gasteiger partial charge on any atom is 1.00 e. The van der Waals surface area contributed by atoms with Gasteiger partial charge in [-0.2, -0.15) is 21.6 Å². The average molecular weight is 1880 g/mol. The molecule has 11 aromatic carbocycles. The van der Waals surface area contributed by atoms with Gasteiger partial charge in [-0.25, -0.2) is 34.8 Å². The molecular weight excluding hydrogens is 1750 g/mol. The van der Waals surface area contributed by atoms with E-state index in [1.54, 1.807) is 27.0 Å². The van der Waals surface area contributed by atoms with E-state index < -0.39 is 40.4 Å². The van der Waals surface area contributed by atoms with E-state index in [0.29, 0.717) is 58.8 Å². The van der Waals surface area contributed by atoms with E-state index in [4.69, 9.17) is 79.6 Å². The molecule has 0 aliphatic heterocycles. The number of Topliss-reactive ketones (excluding diaryl/α,β-unsaturated/α-hetero) is 1. The molecule has 6 radical (unpaired) electrons. The normalized spacial score (nSPS) is 10.9. The van der Waals surface area contributed by atoms with Crippen molar-refractivity contribution in [2.24, 2.45) is 23.7 Å². The molecule has 0 saturated heterocycles. The fourth-order valence-electron chi connectivity index (χ4n) is 12.0. The standard InChI is InChI=1S/C20H25N3O2.C18H24O3.C18H22O3.C14H16O2.C12H12.C9H9F3O3S.C4H7ClO.3CH4.Al.2B.3ClH.Na.H2.H/c1-5-24-18-12-15-7-8-16(11-17(15)13-19(18)25-6-2)20(14(3)4)23-10-9-21-22-23;2*1-5-20-16-10-13-7-8-14(18(19)12(3)4)9-15(13)11-17(16)21-6-2;1-3-15-13-9-11-7-5-6-8-12(11)10-14(13)16-4-2;1-9-7-11-5-3-4-6-12(11)8-10(9)2;1-7-2-4-8(5-3-7)16(13,14)15-6-9(10,11)12;1-3(2)4(5)6;;;;;;;;;;;;/h7-14,20H,5-6H2,1-4H3;7-12,18-19H,5-6H2,1-4H3;7-12H,5-6H2,1-4H3;5-10H,3-4H2,1-2H3;3-8H,1-2H3;2-5H,6H2,1H3;3H,1-2H3;3*1H4;;;;3*1H;;1H;/q;;;;;;;;;;+3;;;;;;+1;;-1/p-3/i;;;;;;;;;;;;;;;;;1+1;. The predicted molar refractivity (Wildman–Crippen MR) is 525 cm³/mol. The van der Waals surface area contributed by atoms with Gasteiger partial charge in [-0.3, -0.25) is 13.8 Å². The largest absolute Gasteiger partial charge is 1.00 e. The minimum atomic E-state index is -4.67. The molecule has 2 unspecified atom stereocenters. The van der Waals surface area contributed by atoms with Crippen molar-refractivity contribution in [1.29, 1.82) is 0 Å². The molecule has 17 nitrogen and oxygen atoms in total. The van der Waals surface area contributed by atoms with Crippen molar-refractivity contribution >= 4 is 145 Å². The molecule has 0 fully saturated rings. The van der Waals surface area contributed by atoms with E-state index in [2.05, 4.69) is 115 Å². The van der Waals surface area contributed by atoms with Crippen LogP contribution in [-0.4, -0.2) is 133 Å². The summed E-state index contributed by atoms with van der Waals surface area (Å²) in [6, 6.07) is 61.0. The van der Waals surface area contributed by atoms with Gasteiger partial charge in [-0.15, -0.1) is 5.10 Å². The number of ketones is 1. The third-order valence-corrected chi connectivity index (χ3v) is 19.7. The zero-order chi connectivity index (χ0) is 89.7. The van der Waals surface area contributed by atoms with Crippen LogP contribution in [-0.2, 0) is 19.1 Å². The van der Waals surface area contributed by atoms with Gasteiger partial charge in [-0.1, -0.05) is 198 Å². The van der Waals surface area contributed by atoms with Crippen LogP contribution in [0.15, 0.2) is 205 Å². The van der Waals surface area contributed by atoms with Crippen molar-refractivity contribution in [3.63, 3.8) is 0 Å². The maximum atomic E-state index is 12.1. The summed E-state index contributed by atoms with van der Waals surface area (Å²) >= 11 is 3.25. The van der Waals surface area contributed by atoms with E-state index in [1.807, 2.05) is 185 Å². The Hall–Kier alpha value is -7.92. The number of halogens is 7. The summed E-state index contributed by atoms with van der Waals surface area (Å²) in [4.78, 5) is 21.7. The minimum Gasteiger partial charge on any atom is -1.00 e. The Bertz CT molecular complexity index is 5270. The number of carbonyl (C=O) groups excluding carboxylic acids is 2. The number of hydrogen-bond donors (Lipinski definition) is 1. The second kappa shape index (κ2) is 61.6. The number of carbonyl (C=O) groups is 2. The van der Waals surface area contributed by atoms with Gasteiger partial charge >= 0.3 is 47.1 Å². The molecule has 0 spiro atoms. The molecule has 1 aromatic heterocycles. The van der Waals surface area contributed by atoms with Gasteiger partial charge in [0.1, 0.15) is 0 Å². The van der Waals surface area contributed by atoms with Gasteiger partial charge in [0.15, 0.2) is 58.4 Å². The summed E-state index contributed by atoms with van der Waals surface area (Å²) in [5, 5.41) is 29.6. The Morgan fingerprint density at radius 1 is 0.457 bits per heavy atom. The van der Waals surface area contributed by atoms with Crippen molar-refractivity contribution in [2.75, 3.05) is 59.5 Å². The molecule has 2 atom stereocenters. The summed E-state index contributed by atoms with van der Waals surface area (Å²) in [7, 11) is 10.5. The Morgan fingerprint density at radius 3 is 1.05 bits per heavy atom. The van der Waals surface area contributed by atoms with Crippen LogP contribution in [0.1, 0.15) is 186 Å². The van der Waals surface area contributed by atoms with Gasteiger partial charge in [-0.05, 0) is 255 Å². The van der Waals surface area contributed by atoms with Crippen molar-refractivity contribution in [1.82, 2.24) is 15.0 Å². The van der Waals surface area contributed by atoms with Crippen LogP contribution in [0.4, 0.5) is 13.2 Å². The summed E-state index contributed by atoms with van der Waals surface area (Å²) in [6.07, 6.45) is -1.48. The Balaban J connectivity index is -0.000000709. The molecule has 0 aliphatic carbocycles. The first kappa shape index (κ1) is 121. The summed E-state index contributed by atoms with van der Waals surface area (Å²) in [5.74, 6) is 6.93. The monoisotopic (exact) mass is 1870 g/mol. The Kier molecular flexibility index (Phi) is 58.8. The van der Waals surface area contributed by atoms with Gasteiger partial charge in [0.05, 0.1) is 76.1 Å². The SMILES string of the molecule is C.C.C.CC(C)C(=O)Cl.CCOc1cc2ccc(C(=O)C(C)C)cc2cc1OCC.CCOc1cc2ccc(C(C(C)C)n3ccnn3)cc2cc1OCC.CCOc1cc2ccc(C(O)C(C)C)cc2cc1OCC.CCOc1cc2ccccc2cc1OCC.Cc1cc2ccccc2cc1C.Cc1ccc(S(=O)(=O)OCC(F)(F)F)cc1.[2HH].[B].[B].[Cl][Al]([Cl])[Cl].[H-].[Na+]. The van der Waals surface area contributed by atoms with E-state index >= 15 is 0 Å². The molecule has 0 saturated carbocycles. The van der Waals surface area contributed by atoms with Gasteiger partial charge in [0.2, 0.25) is 5.24 Å². The summed E-state index contributed by atoms with van der Waals surface area (Å²) < 4.78 is 109. The first-order chi connectivity index (χ1) is 57.5. The third kappa shape index (κ3) is 40.1. The van der Waals surface area contributed by atoms with E-state index in [1.165, 1.54) is 62.5 Å². The number of aliphatic hydroxyl groups excluding tert-OH is 1. The molecule has 686 valence electrons. The van der Waals surface area contributed by atoms with Crippen molar-refractivity contribution < 1.29 is 111 Å². The molecular formula is C98H130AlB2Cl4F3N3NaO14S. The molecule has 0 amide bonds. The van der Waals surface area contributed by atoms with Crippen LogP contribution in [0, 0.1) is 44.4 Å². The number of benzene rings is 11. The molecule has 0 aliphatic rings. The second-order valence-corrected chi connectivity index (χ2v) is 37.1. The quantitative estimate of drug-likeness (QED) is 0.0220. The maximum absolute atomic E-state index is 12.1.